The van der Waals surface area contributed by atoms with E-state index in [0.717, 1.165) is 12.8 Å². The van der Waals surface area contributed by atoms with Gasteiger partial charge in [-0.25, -0.2) is 0 Å². The fourth-order valence-electron chi connectivity index (χ4n) is 2.93. The van der Waals surface area contributed by atoms with Crippen molar-refractivity contribution < 1.29 is 28.4 Å². The van der Waals surface area contributed by atoms with Gasteiger partial charge in [-0.2, -0.15) is 5.26 Å². The molecule has 0 N–H and O–H groups in total. The third-order valence-electron chi connectivity index (χ3n) is 4.38. The van der Waals surface area contributed by atoms with Gasteiger partial charge in [0.05, 0.1) is 65.0 Å². The third-order valence-corrected chi connectivity index (χ3v) is 4.38. The number of hydrogen-bond donors (Lipinski definition) is 0. The molecule has 1 saturated carbocycles. The van der Waals surface area contributed by atoms with Crippen LogP contribution in [-0.4, -0.2) is 77.8 Å². The lowest BCUT2D eigenvalue weighted by molar-refractivity contribution is -0.136. The molecule has 0 bridgehead atoms. The van der Waals surface area contributed by atoms with Crippen molar-refractivity contribution in [2.45, 2.75) is 43.5 Å². The van der Waals surface area contributed by atoms with E-state index in [1.807, 2.05) is 0 Å². The van der Waals surface area contributed by atoms with Crippen molar-refractivity contribution in [1.29, 1.82) is 5.26 Å². The van der Waals surface area contributed by atoms with Crippen LogP contribution in [0.1, 0.15) is 25.7 Å². The van der Waals surface area contributed by atoms with Crippen LogP contribution in [0.4, 0.5) is 0 Å². The van der Waals surface area contributed by atoms with Gasteiger partial charge in [0.1, 0.15) is 6.10 Å². The first kappa shape index (κ1) is 19.6. The summed E-state index contributed by atoms with van der Waals surface area (Å²) in [5.41, 5.74) is -0.699. The van der Waals surface area contributed by atoms with Gasteiger partial charge in [-0.15, -0.1) is 0 Å². The van der Waals surface area contributed by atoms with Crippen molar-refractivity contribution in [3.05, 3.63) is 0 Å². The molecule has 2 rings (SSSR count). The Kier molecular flexibility index (Phi) is 8.95. The maximum atomic E-state index is 9.49. The molecule has 0 aromatic carbocycles. The Morgan fingerprint density at radius 1 is 1.12 bits per heavy atom. The number of nitriles is 1. The molecular formula is C17H29NO6. The number of methoxy groups -OCH3 is 1. The van der Waals surface area contributed by atoms with Gasteiger partial charge in [0.25, 0.3) is 0 Å². The van der Waals surface area contributed by atoms with Crippen LogP contribution in [0.15, 0.2) is 0 Å². The lowest BCUT2D eigenvalue weighted by Gasteiger charge is -2.35. The van der Waals surface area contributed by atoms with Crippen molar-refractivity contribution in [2.24, 2.45) is 0 Å². The SMILES string of the molecule is COCCOCCOC1(C#N)CCC(OCC2COCCO2)CC1. The predicted octanol–water partition coefficient (Wildman–Crippen LogP) is 1.30. The van der Waals surface area contributed by atoms with Gasteiger partial charge >= 0.3 is 0 Å². The second-order valence-electron chi connectivity index (χ2n) is 6.16. The molecule has 0 aromatic rings. The molecule has 0 radical (unpaired) electrons. The van der Waals surface area contributed by atoms with E-state index in [2.05, 4.69) is 6.07 Å². The Morgan fingerprint density at radius 3 is 2.58 bits per heavy atom. The van der Waals surface area contributed by atoms with Crippen LogP contribution < -0.4 is 0 Å². The lowest BCUT2D eigenvalue weighted by atomic mass is 9.84. The van der Waals surface area contributed by atoms with E-state index in [4.69, 9.17) is 28.4 Å². The zero-order valence-electron chi connectivity index (χ0n) is 14.5. The van der Waals surface area contributed by atoms with Gasteiger partial charge in [-0.1, -0.05) is 0 Å². The van der Waals surface area contributed by atoms with E-state index in [1.165, 1.54) is 0 Å². The van der Waals surface area contributed by atoms with Crippen LogP contribution in [0.2, 0.25) is 0 Å². The second kappa shape index (κ2) is 11.0. The molecule has 7 nitrogen and oxygen atoms in total. The average Bonchev–Trinajstić information content (AvgIpc) is 2.65. The van der Waals surface area contributed by atoms with Crippen molar-refractivity contribution in [1.82, 2.24) is 0 Å². The highest BCUT2D eigenvalue weighted by Gasteiger charge is 2.37. The molecule has 7 heteroatoms. The number of rotatable bonds is 10. The minimum atomic E-state index is -0.699. The summed E-state index contributed by atoms with van der Waals surface area (Å²) in [6, 6.07) is 2.34. The van der Waals surface area contributed by atoms with Gasteiger partial charge in [-0.05, 0) is 25.7 Å². The Labute approximate surface area is 144 Å². The maximum absolute atomic E-state index is 9.49. The highest BCUT2D eigenvalue weighted by Crippen LogP contribution is 2.32. The normalized spacial score (nSPS) is 30.8. The Morgan fingerprint density at radius 2 is 1.92 bits per heavy atom. The first-order valence-corrected chi connectivity index (χ1v) is 8.71. The van der Waals surface area contributed by atoms with Crippen LogP contribution in [0, 0.1) is 11.3 Å². The number of nitrogens with zero attached hydrogens (tertiary/aromatic N) is 1. The molecule has 1 saturated heterocycles. The minimum absolute atomic E-state index is 0.0295. The van der Waals surface area contributed by atoms with Crippen molar-refractivity contribution in [3.63, 3.8) is 0 Å². The third kappa shape index (κ3) is 6.63. The highest BCUT2D eigenvalue weighted by molar-refractivity contribution is 5.04. The fourth-order valence-corrected chi connectivity index (χ4v) is 2.93. The smallest absolute Gasteiger partial charge is 0.154 e. The minimum Gasteiger partial charge on any atom is -0.382 e. The molecular weight excluding hydrogens is 314 g/mol. The first-order valence-electron chi connectivity index (χ1n) is 8.71. The summed E-state index contributed by atoms with van der Waals surface area (Å²) in [6.45, 7) is 4.47. The number of hydrogen-bond acceptors (Lipinski definition) is 7. The van der Waals surface area contributed by atoms with Crippen LogP contribution in [0.25, 0.3) is 0 Å². The molecule has 1 aliphatic carbocycles. The summed E-state index contributed by atoms with van der Waals surface area (Å²) in [5.74, 6) is 0. The predicted molar refractivity (Wildman–Crippen MR) is 85.8 cm³/mol. The van der Waals surface area contributed by atoms with Gasteiger partial charge < -0.3 is 28.4 Å². The summed E-state index contributed by atoms with van der Waals surface area (Å²) < 4.78 is 33.0. The molecule has 0 amide bonds. The van der Waals surface area contributed by atoms with E-state index in [0.29, 0.717) is 65.7 Å². The fraction of sp³-hybridized carbons (Fsp3) is 0.941. The molecule has 24 heavy (non-hydrogen) atoms. The van der Waals surface area contributed by atoms with Crippen molar-refractivity contribution in [3.8, 4) is 6.07 Å². The van der Waals surface area contributed by atoms with Gasteiger partial charge in [0.2, 0.25) is 0 Å². The zero-order valence-corrected chi connectivity index (χ0v) is 14.5. The highest BCUT2D eigenvalue weighted by atomic mass is 16.6. The molecule has 138 valence electrons. The number of ether oxygens (including phenoxy) is 6. The molecule has 0 spiro atoms. The van der Waals surface area contributed by atoms with Gasteiger partial charge in [0, 0.05) is 7.11 Å². The quantitative estimate of drug-likeness (QED) is 0.553. The second-order valence-corrected chi connectivity index (χ2v) is 6.16. The molecule has 1 aliphatic heterocycles. The standard InChI is InChI=1S/C17H29NO6/c1-19-6-7-20-9-11-24-17(14-18)4-2-15(3-5-17)23-13-16-12-21-8-10-22-16/h15-16H,2-13H2,1H3. The van der Waals surface area contributed by atoms with E-state index in [9.17, 15) is 5.26 Å². The molecule has 1 unspecified atom stereocenters. The topological polar surface area (TPSA) is 79.2 Å². The maximum Gasteiger partial charge on any atom is 0.154 e. The largest absolute Gasteiger partial charge is 0.382 e. The Balaban J connectivity index is 1.60. The molecule has 1 atom stereocenters. The molecule has 2 fully saturated rings. The average molecular weight is 343 g/mol. The van der Waals surface area contributed by atoms with Crippen LogP contribution in [-0.2, 0) is 28.4 Å². The van der Waals surface area contributed by atoms with Crippen LogP contribution in [0.3, 0.4) is 0 Å². The monoisotopic (exact) mass is 343 g/mol. The van der Waals surface area contributed by atoms with Crippen LogP contribution >= 0.6 is 0 Å². The van der Waals surface area contributed by atoms with Crippen molar-refractivity contribution >= 4 is 0 Å². The summed E-state index contributed by atoms with van der Waals surface area (Å²) in [7, 11) is 1.64. The Hall–Kier alpha value is -0.750. The van der Waals surface area contributed by atoms with E-state index >= 15 is 0 Å². The van der Waals surface area contributed by atoms with Crippen LogP contribution in [0.5, 0.6) is 0 Å². The zero-order chi connectivity index (χ0) is 17.1. The summed E-state index contributed by atoms with van der Waals surface area (Å²) in [5, 5.41) is 9.49. The summed E-state index contributed by atoms with van der Waals surface area (Å²) >= 11 is 0. The lowest BCUT2D eigenvalue weighted by Crippen LogP contribution is -2.40. The van der Waals surface area contributed by atoms with E-state index in [-0.39, 0.29) is 12.2 Å². The van der Waals surface area contributed by atoms with E-state index < -0.39 is 5.60 Å². The van der Waals surface area contributed by atoms with Crippen molar-refractivity contribution in [2.75, 3.05) is 60.0 Å². The summed E-state index contributed by atoms with van der Waals surface area (Å²) in [4.78, 5) is 0. The molecule has 1 heterocycles. The van der Waals surface area contributed by atoms with Gasteiger partial charge in [-0.3, -0.25) is 0 Å². The molecule has 2 aliphatic rings. The first-order chi connectivity index (χ1) is 11.8. The Bertz CT molecular complexity index is 372. The summed E-state index contributed by atoms with van der Waals surface area (Å²) in [6.07, 6.45) is 3.22. The van der Waals surface area contributed by atoms with E-state index in [1.54, 1.807) is 7.11 Å². The van der Waals surface area contributed by atoms with Gasteiger partial charge in [0.15, 0.2) is 5.60 Å². The molecule has 0 aromatic heterocycles.